The highest BCUT2D eigenvalue weighted by atomic mass is 16.6. The summed E-state index contributed by atoms with van der Waals surface area (Å²) in [5.41, 5.74) is 2.48. The Bertz CT molecular complexity index is 1120. The van der Waals surface area contributed by atoms with E-state index in [-0.39, 0.29) is 6.09 Å². The molecule has 0 N–H and O–H groups in total. The lowest BCUT2D eigenvalue weighted by Gasteiger charge is -2.29. The van der Waals surface area contributed by atoms with E-state index in [1.54, 1.807) is 4.90 Å². The van der Waals surface area contributed by atoms with Crippen LogP contribution in [0.25, 0.3) is 11.0 Å². The number of ether oxygens (including phenoxy) is 1. The number of carbonyl (C=O) groups excluding carboxylic acids is 1. The lowest BCUT2D eigenvalue weighted by Crippen LogP contribution is -2.36. The summed E-state index contributed by atoms with van der Waals surface area (Å²) in [7, 11) is 0. The Balaban J connectivity index is 1.78. The molecule has 2 heterocycles. The van der Waals surface area contributed by atoms with E-state index in [0.29, 0.717) is 24.2 Å². The number of nitrogens with zero attached hydrogens (tertiary/aromatic N) is 2. The van der Waals surface area contributed by atoms with Crippen LogP contribution in [0.3, 0.4) is 0 Å². The van der Waals surface area contributed by atoms with Crippen LogP contribution >= 0.6 is 0 Å². The Hall–Kier alpha value is -3.28. The van der Waals surface area contributed by atoms with E-state index in [4.69, 9.17) is 9.15 Å². The van der Waals surface area contributed by atoms with Crippen LogP contribution in [-0.4, -0.2) is 37.2 Å². The van der Waals surface area contributed by atoms with Gasteiger partial charge in [0.1, 0.15) is 5.58 Å². The second-order valence-corrected chi connectivity index (χ2v) is 8.10. The van der Waals surface area contributed by atoms with Crippen LogP contribution in [0.15, 0.2) is 63.8 Å². The van der Waals surface area contributed by atoms with Crippen molar-refractivity contribution in [2.75, 3.05) is 31.1 Å². The van der Waals surface area contributed by atoms with Gasteiger partial charge in [0.15, 0.2) is 6.10 Å². The molecule has 1 unspecified atom stereocenters. The highest BCUT2D eigenvalue weighted by Gasteiger charge is 2.26. The molecule has 32 heavy (non-hydrogen) atoms. The summed E-state index contributed by atoms with van der Waals surface area (Å²) >= 11 is 0. The van der Waals surface area contributed by atoms with E-state index in [0.717, 1.165) is 49.0 Å². The van der Waals surface area contributed by atoms with Gasteiger partial charge in [-0.05, 0) is 50.8 Å². The average molecular weight is 435 g/mol. The number of amides is 1. The van der Waals surface area contributed by atoms with Gasteiger partial charge >= 0.3 is 11.7 Å². The third-order valence-electron chi connectivity index (χ3n) is 6.11. The molecule has 0 spiro atoms. The summed E-state index contributed by atoms with van der Waals surface area (Å²) in [5, 5.41) is 0.765. The van der Waals surface area contributed by atoms with Crippen LogP contribution in [-0.2, 0) is 4.74 Å². The molecule has 1 saturated heterocycles. The summed E-state index contributed by atoms with van der Waals surface area (Å²) in [6.45, 7) is 7.28. The first kappa shape index (κ1) is 21.9. The van der Waals surface area contributed by atoms with E-state index < -0.39 is 11.7 Å². The SMILES string of the molecule is CCN(CC)c1ccc2c(C(OC(=O)N3CCCCC3)c3ccccc3)cc(=O)oc2c1. The number of rotatable bonds is 6. The largest absolute Gasteiger partial charge is 0.436 e. The van der Waals surface area contributed by atoms with Gasteiger partial charge in [-0.1, -0.05) is 30.3 Å². The Morgan fingerprint density at radius 3 is 2.44 bits per heavy atom. The molecule has 1 aromatic heterocycles. The summed E-state index contributed by atoms with van der Waals surface area (Å²) in [6, 6.07) is 16.9. The average Bonchev–Trinajstić information content (AvgIpc) is 2.83. The van der Waals surface area contributed by atoms with Crippen LogP contribution in [0.1, 0.15) is 50.3 Å². The Morgan fingerprint density at radius 1 is 1.03 bits per heavy atom. The van der Waals surface area contributed by atoms with Gasteiger partial charge in [-0.2, -0.15) is 0 Å². The number of piperidine rings is 1. The Kier molecular flexibility index (Phi) is 6.78. The monoisotopic (exact) mass is 434 g/mol. The zero-order valence-corrected chi connectivity index (χ0v) is 18.8. The van der Waals surface area contributed by atoms with Crippen LogP contribution in [0, 0.1) is 0 Å². The molecule has 0 radical (unpaired) electrons. The number of anilines is 1. The predicted molar refractivity (Wildman–Crippen MR) is 126 cm³/mol. The molecule has 168 valence electrons. The number of carbonyl (C=O) groups is 1. The first-order valence-electron chi connectivity index (χ1n) is 11.4. The molecular weight excluding hydrogens is 404 g/mol. The summed E-state index contributed by atoms with van der Waals surface area (Å²) in [6.07, 6.45) is 2.05. The van der Waals surface area contributed by atoms with Crippen molar-refractivity contribution in [3.63, 3.8) is 0 Å². The van der Waals surface area contributed by atoms with Gasteiger partial charge in [-0.3, -0.25) is 0 Å². The maximum Gasteiger partial charge on any atom is 0.410 e. The number of likely N-dealkylation sites (tertiary alicyclic amines) is 1. The van der Waals surface area contributed by atoms with Gasteiger partial charge in [0, 0.05) is 54.9 Å². The first-order valence-corrected chi connectivity index (χ1v) is 11.4. The molecule has 3 aromatic rings. The van der Waals surface area contributed by atoms with Crippen molar-refractivity contribution in [3.05, 3.63) is 76.1 Å². The fourth-order valence-corrected chi connectivity index (χ4v) is 4.37. The lowest BCUT2D eigenvalue weighted by molar-refractivity contribution is 0.0718. The standard InChI is InChI=1S/C26H30N2O4/c1-3-27(4-2)20-13-14-21-22(18-24(29)31-23(21)17-20)25(19-11-7-5-8-12-19)32-26(30)28-15-9-6-10-16-28/h5,7-8,11-14,17-18,25H,3-4,6,9-10,15-16H2,1-2H3. The molecule has 1 atom stereocenters. The van der Waals surface area contributed by atoms with Gasteiger partial charge in [0.25, 0.3) is 0 Å². The molecule has 0 aliphatic carbocycles. The molecule has 2 aromatic carbocycles. The zero-order chi connectivity index (χ0) is 22.5. The third kappa shape index (κ3) is 4.64. The van der Waals surface area contributed by atoms with Gasteiger partial charge in [0.05, 0.1) is 0 Å². The van der Waals surface area contributed by atoms with Gasteiger partial charge in [-0.25, -0.2) is 9.59 Å². The van der Waals surface area contributed by atoms with Crippen molar-refractivity contribution in [1.29, 1.82) is 0 Å². The summed E-state index contributed by atoms with van der Waals surface area (Å²) in [4.78, 5) is 29.5. The lowest BCUT2D eigenvalue weighted by atomic mass is 9.98. The normalized spacial score (nSPS) is 14.9. The number of fused-ring (bicyclic) bond motifs is 1. The molecule has 1 aliphatic rings. The van der Waals surface area contributed by atoms with Crippen LogP contribution in [0.4, 0.5) is 10.5 Å². The van der Waals surface area contributed by atoms with Crippen molar-refractivity contribution in [2.45, 2.75) is 39.2 Å². The number of hydrogen-bond donors (Lipinski definition) is 0. The minimum atomic E-state index is -0.698. The second-order valence-electron chi connectivity index (χ2n) is 8.10. The maximum absolute atomic E-state index is 13.0. The van der Waals surface area contributed by atoms with Crippen LogP contribution in [0.2, 0.25) is 0 Å². The fourth-order valence-electron chi connectivity index (χ4n) is 4.37. The summed E-state index contributed by atoms with van der Waals surface area (Å²) < 4.78 is 11.6. The molecule has 1 aliphatic heterocycles. The van der Waals surface area contributed by atoms with Crippen molar-refractivity contribution in [1.82, 2.24) is 4.90 Å². The topological polar surface area (TPSA) is 63.0 Å². The van der Waals surface area contributed by atoms with Crippen molar-refractivity contribution >= 4 is 22.7 Å². The zero-order valence-electron chi connectivity index (χ0n) is 18.8. The van der Waals surface area contributed by atoms with Crippen molar-refractivity contribution < 1.29 is 13.9 Å². The summed E-state index contributed by atoms with van der Waals surface area (Å²) in [5.74, 6) is 0. The molecule has 0 saturated carbocycles. The smallest absolute Gasteiger partial charge is 0.410 e. The van der Waals surface area contributed by atoms with E-state index in [1.807, 2.05) is 48.5 Å². The minimum Gasteiger partial charge on any atom is -0.436 e. The Labute approximate surface area is 188 Å². The quantitative estimate of drug-likeness (QED) is 0.489. The highest BCUT2D eigenvalue weighted by Crippen LogP contribution is 2.33. The fraction of sp³-hybridized carbons (Fsp3) is 0.385. The van der Waals surface area contributed by atoms with Crippen molar-refractivity contribution in [2.24, 2.45) is 0 Å². The van der Waals surface area contributed by atoms with E-state index >= 15 is 0 Å². The van der Waals surface area contributed by atoms with Crippen LogP contribution in [0.5, 0.6) is 0 Å². The van der Waals surface area contributed by atoms with Gasteiger partial charge in [0.2, 0.25) is 0 Å². The maximum atomic E-state index is 13.0. The second kappa shape index (κ2) is 9.90. The molecule has 6 heteroatoms. The molecule has 1 amide bonds. The Morgan fingerprint density at radius 2 is 1.75 bits per heavy atom. The first-order chi connectivity index (χ1) is 15.6. The van der Waals surface area contributed by atoms with Gasteiger partial charge in [-0.15, -0.1) is 0 Å². The van der Waals surface area contributed by atoms with Gasteiger partial charge < -0.3 is 19.0 Å². The highest BCUT2D eigenvalue weighted by molar-refractivity contribution is 5.85. The molecule has 1 fully saturated rings. The van der Waals surface area contributed by atoms with E-state index in [2.05, 4.69) is 18.7 Å². The van der Waals surface area contributed by atoms with Crippen molar-refractivity contribution in [3.8, 4) is 0 Å². The number of hydrogen-bond acceptors (Lipinski definition) is 5. The van der Waals surface area contributed by atoms with E-state index in [1.165, 1.54) is 6.07 Å². The number of benzene rings is 2. The predicted octanol–water partition coefficient (Wildman–Crippen LogP) is 5.35. The third-order valence-corrected chi connectivity index (χ3v) is 6.11. The molecule has 4 rings (SSSR count). The van der Waals surface area contributed by atoms with E-state index in [9.17, 15) is 9.59 Å². The molecule has 6 nitrogen and oxygen atoms in total. The molecule has 0 bridgehead atoms. The van der Waals surface area contributed by atoms with Crippen LogP contribution < -0.4 is 10.5 Å². The minimum absolute atomic E-state index is 0.347. The molecular formula is C26H30N2O4.